The van der Waals surface area contributed by atoms with E-state index in [0.29, 0.717) is 17.1 Å². The van der Waals surface area contributed by atoms with Crippen LogP contribution in [0.3, 0.4) is 0 Å². The number of aromatic nitrogens is 2. The van der Waals surface area contributed by atoms with Crippen molar-refractivity contribution in [3.8, 4) is 11.5 Å². The molecule has 0 spiro atoms. The van der Waals surface area contributed by atoms with Gasteiger partial charge in [-0.2, -0.15) is 4.98 Å². The number of ether oxygens (including phenoxy) is 4. The largest absolute Gasteiger partial charge is 0.497 e. The number of carbonyl (C=O) groups is 1. The van der Waals surface area contributed by atoms with Crippen LogP contribution in [0.1, 0.15) is 33.3 Å². The van der Waals surface area contributed by atoms with Gasteiger partial charge in [-0.05, 0) is 59.2 Å². The summed E-state index contributed by atoms with van der Waals surface area (Å²) in [5.41, 5.74) is 0.931. The second-order valence-corrected chi connectivity index (χ2v) is 10.7. The quantitative estimate of drug-likeness (QED) is 0.214. The van der Waals surface area contributed by atoms with Crippen LogP contribution in [0.2, 0.25) is 0 Å². The summed E-state index contributed by atoms with van der Waals surface area (Å²) in [5.74, 6) is 1.04. The Morgan fingerprint density at radius 1 is 0.826 bits per heavy atom. The van der Waals surface area contributed by atoms with Gasteiger partial charge < -0.3 is 29.4 Å². The van der Waals surface area contributed by atoms with Crippen LogP contribution in [0.4, 0.5) is 5.82 Å². The first-order valence-corrected chi connectivity index (χ1v) is 14.7. The van der Waals surface area contributed by atoms with Gasteiger partial charge >= 0.3 is 5.69 Å². The Morgan fingerprint density at radius 2 is 1.37 bits per heavy atom. The summed E-state index contributed by atoms with van der Waals surface area (Å²) in [7, 11) is 3.21. The summed E-state index contributed by atoms with van der Waals surface area (Å²) in [6.45, 7) is -0.00827. The van der Waals surface area contributed by atoms with Crippen molar-refractivity contribution in [2.75, 3.05) is 26.1 Å². The van der Waals surface area contributed by atoms with E-state index < -0.39 is 35.6 Å². The Hall–Kier alpha value is -5.29. The standard InChI is InChI=1S/C36H33N3O7/c1-43-28-17-13-26(14-18-28)36(25-11-7-4-8-12-25,27-15-19-29(44-2)20-16-27)46-30-23-45-34(32(30)40)39-22-21-31(38-35(39)42)37-33(41)24-9-5-3-6-10-24/h3-22,30,32,34,40H,23H2,1-2H3,(H,37,38,41,42)/t30?,32-,34+/m0/s1. The highest BCUT2D eigenvalue weighted by atomic mass is 16.6. The molecule has 0 aliphatic carbocycles. The molecule has 1 aliphatic heterocycles. The van der Waals surface area contributed by atoms with Gasteiger partial charge in [0.2, 0.25) is 0 Å². The van der Waals surface area contributed by atoms with Gasteiger partial charge in [0.25, 0.3) is 5.91 Å². The van der Waals surface area contributed by atoms with Crippen LogP contribution in [-0.4, -0.2) is 53.6 Å². The minimum atomic E-state index is -1.25. The fourth-order valence-electron chi connectivity index (χ4n) is 5.63. The Morgan fingerprint density at radius 3 is 1.91 bits per heavy atom. The lowest BCUT2D eigenvalue weighted by Gasteiger charge is -2.38. The van der Waals surface area contributed by atoms with Crippen molar-refractivity contribution in [1.82, 2.24) is 9.55 Å². The molecule has 46 heavy (non-hydrogen) atoms. The van der Waals surface area contributed by atoms with Crippen LogP contribution in [0, 0.1) is 0 Å². The lowest BCUT2D eigenvalue weighted by molar-refractivity contribution is -0.0904. The molecule has 3 atom stereocenters. The van der Waals surface area contributed by atoms with Gasteiger partial charge in [-0.3, -0.25) is 9.36 Å². The molecule has 0 bridgehead atoms. The number of anilines is 1. The molecule has 4 aromatic carbocycles. The fourth-order valence-corrected chi connectivity index (χ4v) is 5.63. The Balaban J connectivity index is 1.33. The minimum absolute atomic E-state index is 0.00827. The number of rotatable bonds is 10. The van der Waals surface area contributed by atoms with Crippen LogP contribution < -0.4 is 20.5 Å². The highest BCUT2D eigenvalue weighted by Crippen LogP contribution is 2.44. The Labute approximate surface area is 265 Å². The number of amides is 1. The molecular formula is C36H33N3O7. The molecule has 0 radical (unpaired) electrons. The molecule has 1 aromatic heterocycles. The number of methoxy groups -OCH3 is 2. The van der Waals surface area contributed by atoms with Crippen molar-refractivity contribution in [3.05, 3.63) is 154 Å². The highest BCUT2D eigenvalue weighted by Gasteiger charge is 2.46. The number of nitrogens with one attached hydrogen (secondary N) is 1. The zero-order chi connectivity index (χ0) is 32.1. The number of aliphatic hydroxyl groups excluding tert-OH is 1. The maximum absolute atomic E-state index is 13.1. The minimum Gasteiger partial charge on any atom is -0.497 e. The number of carbonyl (C=O) groups excluding carboxylic acids is 1. The third kappa shape index (κ3) is 6.01. The van der Waals surface area contributed by atoms with E-state index in [-0.39, 0.29) is 12.4 Å². The molecule has 234 valence electrons. The van der Waals surface area contributed by atoms with Crippen LogP contribution in [-0.2, 0) is 15.1 Å². The molecule has 1 aliphatic rings. The van der Waals surface area contributed by atoms with Gasteiger partial charge in [0.1, 0.15) is 35.1 Å². The van der Waals surface area contributed by atoms with Gasteiger partial charge in [0.05, 0.1) is 20.8 Å². The van der Waals surface area contributed by atoms with E-state index in [2.05, 4.69) is 10.3 Å². The molecule has 1 fully saturated rings. The first-order chi connectivity index (χ1) is 22.4. The maximum Gasteiger partial charge on any atom is 0.351 e. The van der Waals surface area contributed by atoms with E-state index >= 15 is 0 Å². The fraction of sp³-hybridized carbons (Fsp3) is 0.194. The summed E-state index contributed by atoms with van der Waals surface area (Å²) in [4.78, 5) is 29.7. The average Bonchev–Trinajstić information content (AvgIpc) is 3.46. The molecular weight excluding hydrogens is 586 g/mol. The number of hydrogen-bond donors (Lipinski definition) is 2. The molecule has 6 rings (SSSR count). The van der Waals surface area contributed by atoms with Gasteiger partial charge in [-0.15, -0.1) is 0 Å². The Kier molecular flexibility index (Phi) is 8.93. The Bertz CT molecular complexity index is 1780. The molecule has 1 saturated heterocycles. The van der Waals surface area contributed by atoms with E-state index in [4.69, 9.17) is 18.9 Å². The predicted octanol–water partition coefficient (Wildman–Crippen LogP) is 4.78. The van der Waals surface area contributed by atoms with Crippen molar-refractivity contribution in [3.63, 3.8) is 0 Å². The van der Waals surface area contributed by atoms with E-state index in [1.165, 1.54) is 16.8 Å². The average molecular weight is 620 g/mol. The van der Waals surface area contributed by atoms with Crippen molar-refractivity contribution < 1.29 is 28.8 Å². The second-order valence-electron chi connectivity index (χ2n) is 10.7. The molecule has 2 N–H and O–H groups in total. The SMILES string of the molecule is COc1ccc(C(OC2CO[C@@H](n3ccc(NC(=O)c4ccccc4)nc3=O)[C@H]2O)(c2ccccc2)c2ccc(OC)cc2)cc1. The third-order valence-electron chi connectivity index (χ3n) is 7.99. The molecule has 5 aromatic rings. The smallest absolute Gasteiger partial charge is 0.351 e. The first kappa shape index (κ1) is 30.7. The van der Waals surface area contributed by atoms with E-state index in [0.717, 1.165) is 16.7 Å². The number of hydrogen-bond acceptors (Lipinski definition) is 8. The summed E-state index contributed by atoms with van der Waals surface area (Å²) >= 11 is 0. The normalized spacial score (nSPS) is 17.8. The van der Waals surface area contributed by atoms with Gasteiger partial charge in [0, 0.05) is 11.8 Å². The van der Waals surface area contributed by atoms with Gasteiger partial charge in [-0.25, -0.2) is 4.79 Å². The van der Waals surface area contributed by atoms with Crippen molar-refractivity contribution in [2.24, 2.45) is 0 Å². The van der Waals surface area contributed by atoms with Crippen LogP contribution >= 0.6 is 0 Å². The molecule has 10 nitrogen and oxygen atoms in total. The summed E-state index contributed by atoms with van der Waals surface area (Å²) in [6.07, 6.45) is -1.75. The molecule has 1 amide bonds. The molecule has 0 saturated carbocycles. The monoisotopic (exact) mass is 619 g/mol. The number of nitrogens with zero attached hydrogens (tertiary/aromatic N) is 2. The zero-order valence-corrected chi connectivity index (χ0v) is 25.3. The molecule has 1 unspecified atom stereocenters. The second kappa shape index (κ2) is 13.4. The van der Waals surface area contributed by atoms with Crippen LogP contribution in [0.5, 0.6) is 11.5 Å². The molecule has 2 heterocycles. The predicted molar refractivity (Wildman–Crippen MR) is 171 cm³/mol. The zero-order valence-electron chi connectivity index (χ0n) is 25.3. The van der Waals surface area contributed by atoms with Crippen LogP contribution in [0.15, 0.2) is 126 Å². The van der Waals surface area contributed by atoms with Gasteiger partial charge in [-0.1, -0.05) is 72.8 Å². The lowest BCUT2D eigenvalue weighted by atomic mass is 9.79. The number of aliphatic hydroxyl groups is 1. The van der Waals surface area contributed by atoms with E-state index in [1.807, 2.05) is 78.9 Å². The number of benzene rings is 4. The van der Waals surface area contributed by atoms with Crippen LogP contribution in [0.25, 0.3) is 0 Å². The maximum atomic E-state index is 13.1. The first-order valence-electron chi connectivity index (χ1n) is 14.7. The topological polar surface area (TPSA) is 121 Å². The third-order valence-corrected chi connectivity index (χ3v) is 7.99. The molecule has 10 heteroatoms. The van der Waals surface area contributed by atoms with Crippen molar-refractivity contribution in [2.45, 2.75) is 24.0 Å². The highest BCUT2D eigenvalue weighted by molar-refractivity contribution is 6.03. The van der Waals surface area contributed by atoms with Crippen molar-refractivity contribution in [1.29, 1.82) is 0 Å². The summed E-state index contributed by atoms with van der Waals surface area (Å²) < 4.78 is 25.0. The van der Waals surface area contributed by atoms with E-state index in [9.17, 15) is 14.7 Å². The summed E-state index contributed by atoms with van der Waals surface area (Å²) in [6, 6.07) is 34.9. The van der Waals surface area contributed by atoms with Crippen molar-refractivity contribution >= 4 is 11.7 Å². The summed E-state index contributed by atoms with van der Waals surface area (Å²) in [5, 5.41) is 14.2. The van der Waals surface area contributed by atoms with E-state index in [1.54, 1.807) is 44.6 Å². The lowest BCUT2D eigenvalue weighted by Crippen LogP contribution is -2.42. The van der Waals surface area contributed by atoms with Gasteiger partial charge in [0.15, 0.2) is 6.23 Å².